The van der Waals surface area contributed by atoms with Crippen LogP contribution in [0.25, 0.3) is 0 Å². The van der Waals surface area contributed by atoms with Crippen molar-refractivity contribution in [1.82, 2.24) is 14.8 Å². The number of carbonyl (C=O) groups is 1. The number of anilines is 2. The number of rotatable bonds is 5. The molecule has 3 rings (SSSR count). The topological polar surface area (TPSA) is 63.1 Å². The molecule has 0 aliphatic carbocycles. The summed E-state index contributed by atoms with van der Waals surface area (Å²) >= 11 is 1.39. The van der Waals surface area contributed by atoms with Crippen LogP contribution in [0, 0.1) is 12.8 Å². The third-order valence-electron chi connectivity index (χ3n) is 4.68. The summed E-state index contributed by atoms with van der Waals surface area (Å²) in [5.74, 6) is 1.94. The van der Waals surface area contributed by atoms with Gasteiger partial charge in [-0.25, -0.2) is 0 Å². The van der Waals surface area contributed by atoms with Gasteiger partial charge >= 0.3 is 0 Å². The van der Waals surface area contributed by atoms with Gasteiger partial charge in [0.2, 0.25) is 5.91 Å². The normalized spacial score (nSPS) is 15.4. The fourth-order valence-corrected chi connectivity index (χ4v) is 3.62. The minimum atomic E-state index is -0.0369. The molecule has 1 fully saturated rings. The van der Waals surface area contributed by atoms with Gasteiger partial charge in [0, 0.05) is 31.5 Å². The quantitative estimate of drug-likeness (QED) is 0.831. The van der Waals surface area contributed by atoms with E-state index < -0.39 is 0 Å². The van der Waals surface area contributed by atoms with Crippen molar-refractivity contribution in [3.63, 3.8) is 0 Å². The molecule has 2 aromatic rings. The number of piperidine rings is 1. The lowest BCUT2D eigenvalue weighted by atomic mass is 9.99. The third-order valence-corrected chi connectivity index (χ3v) is 5.71. The van der Waals surface area contributed by atoms with Gasteiger partial charge < -0.3 is 14.8 Å². The van der Waals surface area contributed by atoms with E-state index in [1.54, 1.807) is 0 Å². The maximum Gasteiger partial charge on any atom is 0.234 e. The number of hydrogen-bond donors (Lipinski definition) is 1. The Morgan fingerprint density at radius 1 is 1.24 bits per heavy atom. The van der Waals surface area contributed by atoms with E-state index in [-0.39, 0.29) is 5.91 Å². The van der Waals surface area contributed by atoms with Crippen LogP contribution in [0.2, 0.25) is 0 Å². The van der Waals surface area contributed by atoms with Crippen molar-refractivity contribution >= 4 is 29.0 Å². The van der Waals surface area contributed by atoms with Gasteiger partial charge in [0.05, 0.1) is 5.75 Å². The van der Waals surface area contributed by atoms with Crippen molar-refractivity contribution in [3.8, 4) is 0 Å². The predicted octanol–water partition coefficient (Wildman–Crippen LogP) is 3.09. The standard InChI is InChI=1S/C18H25N5OS/c1-13-8-10-23(11-9-13)16-6-4-15(5-7-16)19-17(24)12-25-18-21-20-14(2)22(18)3/h4-7,13H,8-12H2,1-3H3,(H,19,24). The molecule has 0 atom stereocenters. The highest BCUT2D eigenvalue weighted by Gasteiger charge is 2.16. The smallest absolute Gasteiger partial charge is 0.234 e. The Bertz CT molecular complexity index is 720. The first kappa shape index (κ1) is 17.8. The van der Waals surface area contributed by atoms with E-state index in [0.717, 1.165) is 35.7 Å². The molecule has 0 spiro atoms. The van der Waals surface area contributed by atoms with Crippen LogP contribution in [-0.4, -0.2) is 39.5 Å². The summed E-state index contributed by atoms with van der Waals surface area (Å²) in [6.07, 6.45) is 2.49. The molecular weight excluding hydrogens is 334 g/mol. The maximum atomic E-state index is 12.1. The summed E-state index contributed by atoms with van der Waals surface area (Å²) in [7, 11) is 1.90. The highest BCUT2D eigenvalue weighted by molar-refractivity contribution is 7.99. The average molecular weight is 359 g/mol. The lowest BCUT2D eigenvalue weighted by molar-refractivity contribution is -0.113. The zero-order chi connectivity index (χ0) is 17.8. The predicted molar refractivity (Wildman–Crippen MR) is 102 cm³/mol. The fraction of sp³-hybridized carbons (Fsp3) is 0.500. The molecule has 0 unspecified atom stereocenters. The Morgan fingerprint density at radius 3 is 2.52 bits per heavy atom. The molecule has 0 bridgehead atoms. The molecule has 1 aromatic heterocycles. The second-order valence-corrected chi connectivity index (χ2v) is 7.58. The summed E-state index contributed by atoms with van der Waals surface area (Å²) in [5, 5.41) is 11.7. The van der Waals surface area contributed by atoms with Crippen LogP contribution in [0.15, 0.2) is 29.4 Å². The Morgan fingerprint density at radius 2 is 1.92 bits per heavy atom. The number of nitrogens with one attached hydrogen (secondary N) is 1. The van der Waals surface area contributed by atoms with Crippen molar-refractivity contribution in [2.24, 2.45) is 13.0 Å². The number of aromatic nitrogens is 3. The number of aryl methyl sites for hydroxylation is 1. The van der Waals surface area contributed by atoms with E-state index in [0.29, 0.717) is 5.75 Å². The minimum Gasteiger partial charge on any atom is -0.372 e. The third kappa shape index (κ3) is 4.54. The molecule has 0 radical (unpaired) electrons. The highest BCUT2D eigenvalue weighted by Crippen LogP contribution is 2.24. The molecular formula is C18H25N5OS. The van der Waals surface area contributed by atoms with Crippen molar-refractivity contribution in [2.45, 2.75) is 31.8 Å². The van der Waals surface area contributed by atoms with Gasteiger partial charge in [0.25, 0.3) is 0 Å². The lowest BCUT2D eigenvalue weighted by Crippen LogP contribution is -2.32. The molecule has 1 aliphatic rings. The fourth-order valence-electron chi connectivity index (χ4n) is 2.86. The first-order chi connectivity index (χ1) is 12.0. The van der Waals surface area contributed by atoms with E-state index in [1.807, 2.05) is 30.7 Å². The van der Waals surface area contributed by atoms with Crippen LogP contribution in [-0.2, 0) is 11.8 Å². The van der Waals surface area contributed by atoms with Crippen LogP contribution in [0.5, 0.6) is 0 Å². The van der Waals surface area contributed by atoms with Gasteiger partial charge in [-0.05, 0) is 49.9 Å². The number of amides is 1. The zero-order valence-corrected chi connectivity index (χ0v) is 15.8. The molecule has 0 saturated carbocycles. The molecule has 1 saturated heterocycles. The van der Waals surface area contributed by atoms with Crippen molar-refractivity contribution < 1.29 is 4.79 Å². The van der Waals surface area contributed by atoms with Gasteiger partial charge in [0.1, 0.15) is 5.82 Å². The molecule has 6 nitrogen and oxygen atoms in total. The summed E-state index contributed by atoms with van der Waals surface area (Å²) in [6, 6.07) is 8.13. The van der Waals surface area contributed by atoms with Crippen LogP contribution in [0.4, 0.5) is 11.4 Å². The molecule has 1 aliphatic heterocycles. The second kappa shape index (κ2) is 7.91. The molecule has 134 valence electrons. The average Bonchev–Trinajstić information content (AvgIpc) is 2.93. The van der Waals surface area contributed by atoms with E-state index in [2.05, 4.69) is 39.5 Å². The molecule has 2 heterocycles. The molecule has 7 heteroatoms. The van der Waals surface area contributed by atoms with Gasteiger partial charge in [-0.3, -0.25) is 4.79 Å². The Labute approximate surface area is 153 Å². The van der Waals surface area contributed by atoms with Gasteiger partial charge in [0.15, 0.2) is 5.16 Å². The van der Waals surface area contributed by atoms with E-state index in [4.69, 9.17) is 0 Å². The van der Waals surface area contributed by atoms with Crippen molar-refractivity contribution in [3.05, 3.63) is 30.1 Å². The van der Waals surface area contributed by atoms with Gasteiger partial charge in [-0.15, -0.1) is 10.2 Å². The largest absolute Gasteiger partial charge is 0.372 e. The van der Waals surface area contributed by atoms with Crippen molar-refractivity contribution in [2.75, 3.05) is 29.1 Å². The SMILES string of the molecule is Cc1nnc(SCC(=O)Nc2ccc(N3CCC(C)CC3)cc2)n1C. The van der Waals surface area contributed by atoms with Crippen LogP contribution >= 0.6 is 11.8 Å². The number of benzene rings is 1. The molecule has 1 aromatic carbocycles. The lowest BCUT2D eigenvalue weighted by Gasteiger charge is -2.32. The summed E-state index contributed by atoms with van der Waals surface area (Å²) in [4.78, 5) is 14.5. The summed E-state index contributed by atoms with van der Waals surface area (Å²) < 4.78 is 1.88. The Balaban J connectivity index is 1.50. The van der Waals surface area contributed by atoms with E-state index >= 15 is 0 Å². The monoisotopic (exact) mass is 359 g/mol. The maximum absolute atomic E-state index is 12.1. The van der Waals surface area contributed by atoms with Crippen molar-refractivity contribution in [1.29, 1.82) is 0 Å². The van der Waals surface area contributed by atoms with Crippen LogP contribution in [0.3, 0.4) is 0 Å². The van der Waals surface area contributed by atoms with Crippen LogP contribution in [0.1, 0.15) is 25.6 Å². The second-order valence-electron chi connectivity index (χ2n) is 6.64. The summed E-state index contributed by atoms with van der Waals surface area (Å²) in [5.41, 5.74) is 2.06. The Hall–Kier alpha value is -2.02. The molecule has 25 heavy (non-hydrogen) atoms. The minimum absolute atomic E-state index is 0.0369. The summed E-state index contributed by atoms with van der Waals surface area (Å²) in [6.45, 7) is 6.43. The van der Waals surface area contributed by atoms with Gasteiger partial charge in [-0.2, -0.15) is 0 Å². The number of hydrogen-bond acceptors (Lipinski definition) is 5. The molecule has 1 amide bonds. The Kier molecular flexibility index (Phi) is 5.63. The first-order valence-corrected chi connectivity index (χ1v) is 9.65. The highest BCUT2D eigenvalue weighted by atomic mass is 32.2. The van der Waals surface area contributed by atoms with Crippen LogP contribution < -0.4 is 10.2 Å². The van der Waals surface area contributed by atoms with E-state index in [9.17, 15) is 4.79 Å². The van der Waals surface area contributed by atoms with Gasteiger partial charge in [-0.1, -0.05) is 18.7 Å². The van der Waals surface area contributed by atoms with E-state index in [1.165, 1.54) is 30.3 Å². The number of thioether (sulfide) groups is 1. The molecule has 1 N–H and O–H groups in total. The first-order valence-electron chi connectivity index (χ1n) is 8.66. The zero-order valence-electron chi connectivity index (χ0n) is 15.0. The number of nitrogens with zero attached hydrogens (tertiary/aromatic N) is 4. The number of carbonyl (C=O) groups excluding carboxylic acids is 1.